The minimum Gasteiger partial charge on any atom is -0.468 e. The molecule has 3 heterocycles. The lowest BCUT2D eigenvalue weighted by molar-refractivity contribution is -0.154. The highest BCUT2D eigenvalue weighted by Gasteiger charge is 2.30. The van der Waals surface area contributed by atoms with E-state index in [0.29, 0.717) is 12.6 Å². The second kappa shape index (κ2) is 11.2. The van der Waals surface area contributed by atoms with Gasteiger partial charge in [-0.3, -0.25) is 9.89 Å². The summed E-state index contributed by atoms with van der Waals surface area (Å²) in [4.78, 5) is 12.8. The SMILES string of the molecule is CN=C(NCc1ccnc(OCC(F)(F)F)c1)N1CCC(N2CCOCC2)C1.I. The predicted molar refractivity (Wildman–Crippen MR) is 114 cm³/mol. The van der Waals surface area contributed by atoms with Crippen molar-refractivity contribution in [2.45, 2.75) is 25.2 Å². The average molecular weight is 529 g/mol. The van der Waals surface area contributed by atoms with Gasteiger partial charge < -0.3 is 19.7 Å². The molecule has 3 rings (SSSR count). The molecule has 2 aliphatic heterocycles. The van der Waals surface area contributed by atoms with Crippen LogP contribution in [0.3, 0.4) is 0 Å². The van der Waals surface area contributed by atoms with Crippen LogP contribution in [0.5, 0.6) is 5.88 Å². The van der Waals surface area contributed by atoms with Crippen molar-refractivity contribution >= 4 is 29.9 Å². The van der Waals surface area contributed by atoms with Gasteiger partial charge in [0.05, 0.1) is 13.2 Å². The summed E-state index contributed by atoms with van der Waals surface area (Å²) >= 11 is 0. The molecule has 29 heavy (non-hydrogen) atoms. The van der Waals surface area contributed by atoms with Crippen molar-refractivity contribution in [2.75, 3.05) is 53.0 Å². The van der Waals surface area contributed by atoms with Gasteiger partial charge in [-0.2, -0.15) is 13.2 Å². The fraction of sp³-hybridized carbons (Fsp3) is 0.667. The highest BCUT2D eigenvalue weighted by atomic mass is 127. The van der Waals surface area contributed by atoms with Crippen molar-refractivity contribution in [2.24, 2.45) is 4.99 Å². The fourth-order valence-corrected chi connectivity index (χ4v) is 3.48. The van der Waals surface area contributed by atoms with E-state index in [4.69, 9.17) is 9.47 Å². The summed E-state index contributed by atoms with van der Waals surface area (Å²) in [6, 6.07) is 3.74. The Labute approximate surface area is 185 Å². The number of aromatic nitrogens is 1. The minimum atomic E-state index is -4.38. The maximum absolute atomic E-state index is 12.3. The number of pyridine rings is 1. The molecule has 1 aromatic rings. The molecule has 0 radical (unpaired) electrons. The number of nitrogens with zero attached hydrogens (tertiary/aromatic N) is 4. The molecular weight excluding hydrogens is 502 g/mol. The van der Waals surface area contributed by atoms with Crippen molar-refractivity contribution in [3.05, 3.63) is 23.9 Å². The number of morpholine rings is 1. The lowest BCUT2D eigenvalue weighted by Crippen LogP contribution is -2.46. The number of halogens is 4. The molecule has 0 bridgehead atoms. The molecule has 0 saturated carbocycles. The van der Waals surface area contributed by atoms with E-state index in [1.165, 1.54) is 12.3 Å². The average Bonchev–Trinajstić information content (AvgIpc) is 3.17. The molecule has 2 fully saturated rings. The first-order valence-electron chi connectivity index (χ1n) is 9.36. The molecule has 0 aromatic carbocycles. The first-order chi connectivity index (χ1) is 13.4. The van der Waals surface area contributed by atoms with Crippen LogP contribution < -0.4 is 10.1 Å². The molecule has 2 aliphatic rings. The molecule has 164 valence electrons. The number of alkyl halides is 3. The van der Waals surface area contributed by atoms with E-state index >= 15 is 0 Å². The van der Waals surface area contributed by atoms with Crippen LogP contribution >= 0.6 is 24.0 Å². The zero-order valence-electron chi connectivity index (χ0n) is 16.3. The van der Waals surface area contributed by atoms with Crippen molar-refractivity contribution in [3.63, 3.8) is 0 Å². The zero-order chi connectivity index (χ0) is 20.0. The zero-order valence-corrected chi connectivity index (χ0v) is 18.7. The third-order valence-corrected chi connectivity index (χ3v) is 4.87. The molecule has 1 atom stereocenters. The Morgan fingerprint density at radius 2 is 2.10 bits per heavy atom. The molecule has 11 heteroatoms. The van der Waals surface area contributed by atoms with E-state index in [0.717, 1.165) is 57.3 Å². The molecule has 0 aliphatic carbocycles. The van der Waals surface area contributed by atoms with Gasteiger partial charge in [0, 0.05) is 58.1 Å². The number of ether oxygens (including phenoxy) is 2. The van der Waals surface area contributed by atoms with Crippen molar-refractivity contribution in [1.82, 2.24) is 20.1 Å². The highest BCUT2D eigenvalue weighted by molar-refractivity contribution is 14.0. The third kappa shape index (κ3) is 7.45. The number of guanidine groups is 1. The second-order valence-corrected chi connectivity index (χ2v) is 6.84. The van der Waals surface area contributed by atoms with Gasteiger partial charge in [-0.25, -0.2) is 4.98 Å². The summed E-state index contributed by atoms with van der Waals surface area (Å²) in [5.41, 5.74) is 0.775. The minimum absolute atomic E-state index is 0. The van der Waals surface area contributed by atoms with Crippen LogP contribution in [0.1, 0.15) is 12.0 Å². The Bertz CT molecular complexity index is 671. The van der Waals surface area contributed by atoms with Gasteiger partial charge in [0.1, 0.15) is 0 Å². The molecule has 1 N–H and O–H groups in total. The van der Waals surface area contributed by atoms with Gasteiger partial charge in [0.15, 0.2) is 12.6 Å². The number of aliphatic imine (C=N–C) groups is 1. The Morgan fingerprint density at radius 3 is 2.79 bits per heavy atom. The number of hydrogen-bond donors (Lipinski definition) is 1. The number of likely N-dealkylation sites (tertiary alicyclic amines) is 1. The van der Waals surface area contributed by atoms with E-state index in [1.54, 1.807) is 13.1 Å². The van der Waals surface area contributed by atoms with E-state index < -0.39 is 12.8 Å². The lowest BCUT2D eigenvalue weighted by atomic mass is 10.2. The number of nitrogens with one attached hydrogen (secondary N) is 1. The molecule has 1 unspecified atom stereocenters. The van der Waals surface area contributed by atoms with Crippen LogP contribution in [0.25, 0.3) is 0 Å². The van der Waals surface area contributed by atoms with Crippen LogP contribution in [0, 0.1) is 0 Å². The van der Waals surface area contributed by atoms with Gasteiger partial charge >= 0.3 is 6.18 Å². The summed E-state index contributed by atoms with van der Waals surface area (Å²) in [7, 11) is 1.73. The largest absolute Gasteiger partial charge is 0.468 e. The van der Waals surface area contributed by atoms with E-state index in [9.17, 15) is 13.2 Å². The number of hydrogen-bond acceptors (Lipinski definition) is 5. The summed E-state index contributed by atoms with van der Waals surface area (Å²) in [5.74, 6) is 0.741. The molecular formula is C18H27F3IN5O2. The molecule has 2 saturated heterocycles. The normalized spacial score (nSPS) is 21.0. The third-order valence-electron chi connectivity index (χ3n) is 4.87. The van der Waals surface area contributed by atoms with Crippen molar-refractivity contribution < 1.29 is 22.6 Å². The van der Waals surface area contributed by atoms with Crippen LogP contribution in [0.4, 0.5) is 13.2 Å². The summed E-state index contributed by atoms with van der Waals surface area (Å²) in [6.45, 7) is 4.37. The van der Waals surface area contributed by atoms with E-state index in [1.807, 2.05) is 0 Å². The Kier molecular flexibility index (Phi) is 9.21. The van der Waals surface area contributed by atoms with Crippen LogP contribution in [0.15, 0.2) is 23.3 Å². The second-order valence-electron chi connectivity index (χ2n) is 6.84. The fourth-order valence-electron chi connectivity index (χ4n) is 3.48. The smallest absolute Gasteiger partial charge is 0.422 e. The molecule has 1 aromatic heterocycles. The standard InChI is InChI=1S/C18H26F3N5O2.HI/c1-22-17(26-5-3-15(12-26)25-6-8-27-9-7-25)24-11-14-2-4-23-16(10-14)28-13-18(19,20)21;/h2,4,10,15H,3,5-9,11-13H2,1H3,(H,22,24);1H. The van der Waals surface area contributed by atoms with Gasteiger partial charge in [0.2, 0.25) is 5.88 Å². The Balaban J connectivity index is 0.00000300. The molecule has 0 amide bonds. The predicted octanol–water partition coefficient (Wildman–Crippen LogP) is 2.12. The summed E-state index contributed by atoms with van der Waals surface area (Å²) in [5, 5.41) is 3.28. The lowest BCUT2D eigenvalue weighted by Gasteiger charge is -2.32. The Hall–Kier alpha value is -1.34. The molecule has 7 nitrogen and oxygen atoms in total. The highest BCUT2D eigenvalue weighted by Crippen LogP contribution is 2.19. The Morgan fingerprint density at radius 1 is 1.34 bits per heavy atom. The topological polar surface area (TPSA) is 62.2 Å². The quantitative estimate of drug-likeness (QED) is 0.359. The van der Waals surface area contributed by atoms with Crippen LogP contribution in [-0.4, -0.2) is 86.0 Å². The van der Waals surface area contributed by atoms with Crippen LogP contribution in [-0.2, 0) is 11.3 Å². The monoisotopic (exact) mass is 529 g/mol. The molecule has 0 spiro atoms. The van der Waals surface area contributed by atoms with Gasteiger partial charge in [-0.15, -0.1) is 24.0 Å². The van der Waals surface area contributed by atoms with E-state index in [-0.39, 0.29) is 29.9 Å². The van der Waals surface area contributed by atoms with Gasteiger partial charge in [-0.05, 0) is 18.1 Å². The van der Waals surface area contributed by atoms with Crippen molar-refractivity contribution in [1.29, 1.82) is 0 Å². The van der Waals surface area contributed by atoms with E-state index in [2.05, 4.69) is 25.1 Å². The maximum atomic E-state index is 12.3. The first-order valence-corrected chi connectivity index (χ1v) is 9.36. The summed E-state index contributed by atoms with van der Waals surface area (Å²) < 4.78 is 47.0. The summed E-state index contributed by atoms with van der Waals surface area (Å²) in [6.07, 6.45) is -1.87. The van der Waals surface area contributed by atoms with Crippen LogP contribution in [0.2, 0.25) is 0 Å². The van der Waals surface area contributed by atoms with Gasteiger partial charge in [0.25, 0.3) is 0 Å². The van der Waals surface area contributed by atoms with Gasteiger partial charge in [-0.1, -0.05) is 0 Å². The number of rotatable bonds is 5. The van der Waals surface area contributed by atoms with Crippen molar-refractivity contribution in [3.8, 4) is 5.88 Å². The maximum Gasteiger partial charge on any atom is 0.422 e. The first kappa shape index (κ1) is 23.9.